The predicted molar refractivity (Wildman–Crippen MR) is 68.8 cm³/mol. The van der Waals surface area contributed by atoms with Gasteiger partial charge in [0.25, 0.3) is 0 Å². The molecule has 0 spiro atoms. The minimum atomic E-state index is 0.143. The van der Waals surface area contributed by atoms with Gasteiger partial charge in [0.05, 0.1) is 10.5 Å². The monoisotopic (exact) mass is 234 g/mol. The van der Waals surface area contributed by atoms with Crippen LogP contribution in [0.4, 0.5) is 0 Å². The third-order valence-corrected chi connectivity index (χ3v) is 2.85. The van der Waals surface area contributed by atoms with Crippen molar-refractivity contribution >= 4 is 22.5 Å². The van der Waals surface area contributed by atoms with E-state index in [4.69, 9.17) is 17.3 Å². The van der Waals surface area contributed by atoms with Crippen LogP contribution < -0.4 is 5.73 Å². The highest BCUT2D eigenvalue weighted by Gasteiger charge is 2.08. The fourth-order valence-electron chi connectivity index (χ4n) is 1.94. The second kappa shape index (κ2) is 4.40. The average molecular weight is 235 g/mol. The number of halogens is 1. The van der Waals surface area contributed by atoms with Crippen molar-refractivity contribution in [3.8, 4) is 0 Å². The molecule has 3 heteroatoms. The molecule has 1 aromatic heterocycles. The lowest BCUT2D eigenvalue weighted by Gasteiger charge is -2.10. The van der Waals surface area contributed by atoms with Crippen molar-refractivity contribution < 1.29 is 0 Å². The van der Waals surface area contributed by atoms with Gasteiger partial charge in [0, 0.05) is 17.1 Å². The van der Waals surface area contributed by atoms with Crippen LogP contribution in [0.25, 0.3) is 10.9 Å². The molecule has 0 aliphatic carbocycles. The van der Waals surface area contributed by atoms with E-state index in [-0.39, 0.29) is 6.04 Å². The molecule has 0 fully saturated rings. The zero-order chi connectivity index (χ0) is 11.7. The van der Waals surface area contributed by atoms with E-state index in [1.807, 2.05) is 32.0 Å². The van der Waals surface area contributed by atoms with Crippen molar-refractivity contribution in [2.45, 2.75) is 26.3 Å². The largest absolute Gasteiger partial charge is 0.328 e. The Hall–Kier alpha value is -1.12. The number of pyridine rings is 1. The smallest absolute Gasteiger partial charge is 0.0894 e. The van der Waals surface area contributed by atoms with Crippen molar-refractivity contribution in [2.24, 2.45) is 5.73 Å². The number of para-hydroxylation sites is 1. The third kappa shape index (κ3) is 2.18. The minimum Gasteiger partial charge on any atom is -0.328 e. The summed E-state index contributed by atoms with van der Waals surface area (Å²) in [7, 11) is 0. The van der Waals surface area contributed by atoms with Crippen LogP contribution in [-0.2, 0) is 6.42 Å². The summed E-state index contributed by atoms with van der Waals surface area (Å²) >= 11 is 6.14. The van der Waals surface area contributed by atoms with Gasteiger partial charge in [0.15, 0.2) is 0 Å². The van der Waals surface area contributed by atoms with Crippen LogP contribution >= 0.6 is 11.6 Å². The molecule has 2 nitrogen and oxygen atoms in total. The van der Waals surface area contributed by atoms with Gasteiger partial charge < -0.3 is 5.73 Å². The second-order valence-corrected chi connectivity index (χ2v) is 4.65. The van der Waals surface area contributed by atoms with Crippen LogP contribution in [0.3, 0.4) is 0 Å². The zero-order valence-electron chi connectivity index (χ0n) is 9.50. The summed E-state index contributed by atoms with van der Waals surface area (Å²) < 4.78 is 0. The van der Waals surface area contributed by atoms with Gasteiger partial charge in [0.2, 0.25) is 0 Å². The first-order valence-corrected chi connectivity index (χ1v) is 5.76. The third-order valence-electron chi connectivity index (χ3n) is 2.55. The molecule has 1 heterocycles. The van der Waals surface area contributed by atoms with Gasteiger partial charge in [-0.2, -0.15) is 0 Å². The second-order valence-electron chi connectivity index (χ2n) is 4.24. The van der Waals surface area contributed by atoms with Gasteiger partial charge in [-0.15, -0.1) is 0 Å². The number of rotatable bonds is 2. The van der Waals surface area contributed by atoms with E-state index in [2.05, 4.69) is 11.1 Å². The Morgan fingerprint density at radius 1 is 1.44 bits per heavy atom. The molecule has 0 amide bonds. The molecule has 1 unspecified atom stereocenters. The van der Waals surface area contributed by atoms with Crippen LogP contribution in [0.5, 0.6) is 0 Å². The maximum atomic E-state index is 6.14. The van der Waals surface area contributed by atoms with E-state index in [1.54, 1.807) is 0 Å². The summed E-state index contributed by atoms with van der Waals surface area (Å²) in [5.74, 6) is 0. The molecule has 84 valence electrons. The zero-order valence-corrected chi connectivity index (χ0v) is 10.3. The summed E-state index contributed by atoms with van der Waals surface area (Å²) in [5, 5.41) is 1.81. The maximum absolute atomic E-state index is 6.14. The molecule has 1 atom stereocenters. The summed E-state index contributed by atoms with van der Waals surface area (Å²) in [4.78, 5) is 4.47. The fourth-order valence-corrected chi connectivity index (χ4v) is 2.16. The van der Waals surface area contributed by atoms with Crippen LogP contribution in [-0.4, -0.2) is 11.0 Å². The molecule has 0 bridgehead atoms. The number of nitrogens with zero attached hydrogens (tertiary/aromatic N) is 1. The Labute approximate surface area is 100 Å². The van der Waals surface area contributed by atoms with Gasteiger partial charge in [-0.05, 0) is 38.0 Å². The molecule has 2 rings (SSSR count). The lowest BCUT2D eigenvalue weighted by atomic mass is 10.0. The number of hydrogen-bond acceptors (Lipinski definition) is 2. The van der Waals surface area contributed by atoms with Gasteiger partial charge in [-0.3, -0.25) is 4.98 Å². The Bertz CT molecular complexity index is 521. The molecule has 0 aliphatic rings. The van der Waals surface area contributed by atoms with E-state index in [1.165, 1.54) is 5.56 Å². The lowest BCUT2D eigenvalue weighted by Crippen LogP contribution is -2.18. The van der Waals surface area contributed by atoms with E-state index in [0.717, 1.165) is 23.0 Å². The highest BCUT2D eigenvalue weighted by atomic mass is 35.5. The predicted octanol–water partition coefficient (Wildman–Crippen LogP) is 3.09. The number of aromatic nitrogens is 1. The number of nitrogens with two attached hydrogens (primary N) is 1. The van der Waals surface area contributed by atoms with Gasteiger partial charge in [-0.1, -0.05) is 23.7 Å². The Morgan fingerprint density at radius 2 is 2.19 bits per heavy atom. The highest BCUT2D eigenvalue weighted by Crippen LogP contribution is 2.25. The lowest BCUT2D eigenvalue weighted by molar-refractivity contribution is 0.740. The normalized spacial score (nSPS) is 13.0. The standard InChI is InChI=1S/C13H15ClN2/c1-8(15)6-10-7-9(2)16-13-11(10)4-3-5-12(13)14/h3-5,7-8H,6,15H2,1-2H3. The average Bonchev–Trinajstić information content (AvgIpc) is 2.18. The molecular weight excluding hydrogens is 220 g/mol. The maximum Gasteiger partial charge on any atom is 0.0894 e. The molecule has 0 saturated carbocycles. The number of benzene rings is 1. The van der Waals surface area contributed by atoms with Gasteiger partial charge in [-0.25, -0.2) is 0 Å². The van der Waals surface area contributed by atoms with Crippen LogP contribution in [0.1, 0.15) is 18.2 Å². The minimum absolute atomic E-state index is 0.143. The highest BCUT2D eigenvalue weighted by molar-refractivity contribution is 6.35. The first-order valence-electron chi connectivity index (χ1n) is 5.38. The fraction of sp³-hybridized carbons (Fsp3) is 0.308. The molecule has 2 aromatic rings. The molecule has 1 aromatic carbocycles. The first-order chi connectivity index (χ1) is 7.58. The molecule has 0 aliphatic heterocycles. The Morgan fingerprint density at radius 3 is 2.88 bits per heavy atom. The number of hydrogen-bond donors (Lipinski definition) is 1. The summed E-state index contributed by atoms with van der Waals surface area (Å²) in [6.07, 6.45) is 0.847. The molecule has 0 radical (unpaired) electrons. The quantitative estimate of drug-likeness (QED) is 0.867. The van der Waals surface area contributed by atoms with E-state index in [0.29, 0.717) is 5.02 Å². The number of aryl methyl sites for hydroxylation is 1. The molecule has 0 saturated heterocycles. The summed E-state index contributed by atoms with van der Waals surface area (Å²) in [6.45, 7) is 3.99. The first kappa shape index (κ1) is 11.4. The SMILES string of the molecule is Cc1cc(CC(C)N)c2cccc(Cl)c2n1. The van der Waals surface area contributed by atoms with Gasteiger partial charge in [0.1, 0.15) is 0 Å². The topological polar surface area (TPSA) is 38.9 Å². The van der Waals surface area contributed by atoms with E-state index >= 15 is 0 Å². The summed E-state index contributed by atoms with van der Waals surface area (Å²) in [5.41, 5.74) is 8.93. The molecule has 16 heavy (non-hydrogen) atoms. The van der Waals surface area contributed by atoms with Gasteiger partial charge >= 0.3 is 0 Å². The van der Waals surface area contributed by atoms with Crippen molar-refractivity contribution in [3.05, 3.63) is 40.5 Å². The van der Waals surface area contributed by atoms with Crippen LogP contribution in [0.15, 0.2) is 24.3 Å². The van der Waals surface area contributed by atoms with Crippen LogP contribution in [0, 0.1) is 6.92 Å². The van der Waals surface area contributed by atoms with E-state index in [9.17, 15) is 0 Å². The molecular formula is C13H15ClN2. The van der Waals surface area contributed by atoms with Crippen molar-refractivity contribution in [1.82, 2.24) is 4.98 Å². The number of fused-ring (bicyclic) bond motifs is 1. The van der Waals surface area contributed by atoms with Crippen LogP contribution in [0.2, 0.25) is 5.02 Å². The van der Waals surface area contributed by atoms with Crippen molar-refractivity contribution in [3.63, 3.8) is 0 Å². The summed E-state index contributed by atoms with van der Waals surface area (Å²) in [6, 6.07) is 8.09. The Kier molecular flexibility index (Phi) is 3.13. The van der Waals surface area contributed by atoms with Crippen molar-refractivity contribution in [2.75, 3.05) is 0 Å². The molecule has 2 N–H and O–H groups in total. The van der Waals surface area contributed by atoms with E-state index < -0.39 is 0 Å². The van der Waals surface area contributed by atoms with Crippen molar-refractivity contribution in [1.29, 1.82) is 0 Å². The Balaban J connectivity index is 2.68.